The molecule has 2 aliphatic carbocycles. The van der Waals surface area contributed by atoms with E-state index >= 15 is 0 Å². The van der Waals surface area contributed by atoms with Crippen LogP contribution < -0.4 is 0 Å². The summed E-state index contributed by atoms with van der Waals surface area (Å²) in [6.45, 7) is 0. The highest BCUT2D eigenvalue weighted by Crippen LogP contribution is 2.38. The maximum atomic E-state index is 2.47. The first-order valence-electron chi connectivity index (χ1n) is 6.90. The summed E-state index contributed by atoms with van der Waals surface area (Å²) in [6.07, 6.45) is 12.0. The Balaban J connectivity index is 1.82. The van der Waals surface area contributed by atoms with Crippen molar-refractivity contribution in [1.82, 2.24) is 0 Å². The number of hydrogen-bond donors (Lipinski definition) is 0. The predicted octanol–water partition coefficient (Wildman–Crippen LogP) is 5.12. The van der Waals surface area contributed by atoms with Gasteiger partial charge in [0.25, 0.3) is 0 Å². The Hall–Kier alpha value is -1.30. The van der Waals surface area contributed by atoms with Crippen molar-refractivity contribution in [2.75, 3.05) is 0 Å². The molecule has 0 N–H and O–H groups in total. The fraction of sp³-hybridized carbons (Fsp3) is 0.412. The maximum Gasteiger partial charge on any atom is -0.00552 e. The third kappa shape index (κ3) is 2.36. The van der Waals surface area contributed by atoms with Crippen molar-refractivity contribution in [2.24, 2.45) is 0 Å². The van der Waals surface area contributed by atoms with Gasteiger partial charge in [0.05, 0.1) is 0 Å². The molecule has 0 heterocycles. The molecule has 17 heavy (non-hydrogen) atoms. The maximum absolute atomic E-state index is 2.47. The van der Waals surface area contributed by atoms with E-state index in [1.54, 1.807) is 11.1 Å². The molecule has 88 valence electrons. The lowest BCUT2D eigenvalue weighted by Gasteiger charge is -2.11. The molecule has 3 rings (SSSR count). The van der Waals surface area contributed by atoms with Gasteiger partial charge in [0.15, 0.2) is 0 Å². The summed E-state index contributed by atoms with van der Waals surface area (Å²) in [7, 11) is 0. The van der Waals surface area contributed by atoms with E-state index in [2.05, 4.69) is 36.4 Å². The highest BCUT2D eigenvalue weighted by molar-refractivity contribution is 5.74. The molecule has 0 heteroatoms. The molecule has 0 nitrogen and oxygen atoms in total. The van der Waals surface area contributed by atoms with E-state index in [1.165, 1.54) is 56.1 Å². The molecule has 1 aromatic carbocycles. The lowest BCUT2D eigenvalue weighted by molar-refractivity contribution is 0.615. The van der Waals surface area contributed by atoms with Crippen LogP contribution in [0.15, 0.2) is 47.6 Å². The fourth-order valence-corrected chi connectivity index (χ4v) is 3.05. The van der Waals surface area contributed by atoms with Crippen LogP contribution in [0, 0.1) is 0 Å². The minimum atomic E-state index is 1.21. The van der Waals surface area contributed by atoms with Gasteiger partial charge in [-0.3, -0.25) is 0 Å². The molecule has 0 saturated heterocycles. The van der Waals surface area contributed by atoms with E-state index in [4.69, 9.17) is 0 Å². The van der Waals surface area contributed by atoms with Gasteiger partial charge < -0.3 is 0 Å². The van der Waals surface area contributed by atoms with E-state index < -0.39 is 0 Å². The molecule has 0 radical (unpaired) electrons. The lowest BCUT2D eigenvalue weighted by atomic mass is 9.94. The van der Waals surface area contributed by atoms with Crippen LogP contribution in [0.5, 0.6) is 0 Å². The Kier molecular flexibility index (Phi) is 3.13. The minimum absolute atomic E-state index is 1.21. The van der Waals surface area contributed by atoms with E-state index in [1.807, 2.05) is 0 Å². The van der Waals surface area contributed by atoms with Gasteiger partial charge in [-0.05, 0) is 48.8 Å². The van der Waals surface area contributed by atoms with E-state index in [0.717, 1.165) is 0 Å². The average Bonchev–Trinajstić information content (AvgIpc) is 2.73. The summed E-state index contributed by atoms with van der Waals surface area (Å²) < 4.78 is 0. The van der Waals surface area contributed by atoms with Crippen LogP contribution in [0.2, 0.25) is 0 Å². The monoisotopic (exact) mass is 224 g/mol. The smallest absolute Gasteiger partial charge is 0.00552 e. The standard InChI is InChI=1S/C17H20/c1-2-5-11-16-13-17(12-15(16)10-4-1)14-8-6-3-7-9-14/h3,6-9,12H,1-2,4-5,10-11,13H2. The van der Waals surface area contributed by atoms with E-state index in [0.29, 0.717) is 0 Å². The normalized spacial score (nSPS) is 20.6. The van der Waals surface area contributed by atoms with Crippen molar-refractivity contribution in [2.45, 2.75) is 44.9 Å². The average molecular weight is 224 g/mol. The number of hydrogen-bond acceptors (Lipinski definition) is 0. The molecule has 0 saturated carbocycles. The third-order valence-corrected chi connectivity index (χ3v) is 4.03. The molecule has 0 atom stereocenters. The highest BCUT2D eigenvalue weighted by Gasteiger charge is 2.17. The topological polar surface area (TPSA) is 0 Å². The molecule has 2 aliphatic rings. The van der Waals surface area contributed by atoms with Gasteiger partial charge >= 0.3 is 0 Å². The molecule has 0 aliphatic heterocycles. The first-order valence-corrected chi connectivity index (χ1v) is 6.90. The van der Waals surface area contributed by atoms with Gasteiger partial charge in [0.1, 0.15) is 0 Å². The van der Waals surface area contributed by atoms with Gasteiger partial charge in [0.2, 0.25) is 0 Å². The quantitative estimate of drug-likeness (QED) is 0.620. The van der Waals surface area contributed by atoms with Crippen LogP contribution in [0.4, 0.5) is 0 Å². The van der Waals surface area contributed by atoms with Crippen LogP contribution in [0.25, 0.3) is 5.57 Å². The first-order chi connectivity index (χ1) is 8.43. The number of rotatable bonds is 1. The molecule has 0 aromatic heterocycles. The zero-order valence-electron chi connectivity index (χ0n) is 10.4. The van der Waals surface area contributed by atoms with Crippen molar-refractivity contribution in [1.29, 1.82) is 0 Å². The second-order valence-corrected chi connectivity index (χ2v) is 5.26. The van der Waals surface area contributed by atoms with Gasteiger partial charge in [-0.25, -0.2) is 0 Å². The minimum Gasteiger partial charge on any atom is -0.0626 e. The van der Waals surface area contributed by atoms with Crippen molar-refractivity contribution in [3.8, 4) is 0 Å². The molecule has 0 bridgehead atoms. The molecule has 0 spiro atoms. The largest absolute Gasteiger partial charge is 0.0626 e. The predicted molar refractivity (Wildman–Crippen MR) is 73.8 cm³/mol. The third-order valence-electron chi connectivity index (χ3n) is 4.03. The molecule has 0 amide bonds. The zero-order chi connectivity index (χ0) is 11.5. The van der Waals surface area contributed by atoms with Gasteiger partial charge in [-0.2, -0.15) is 0 Å². The number of allylic oxidation sites excluding steroid dienone is 4. The Bertz CT molecular complexity index is 448. The fourth-order valence-electron chi connectivity index (χ4n) is 3.05. The van der Waals surface area contributed by atoms with Crippen LogP contribution in [0.1, 0.15) is 50.5 Å². The number of benzene rings is 1. The second-order valence-electron chi connectivity index (χ2n) is 5.26. The SMILES string of the molecule is C1=C(c2ccccc2)CC2=C1CCCCCC2. The highest BCUT2D eigenvalue weighted by atomic mass is 14.2. The first kappa shape index (κ1) is 10.8. The second kappa shape index (κ2) is 4.91. The lowest BCUT2D eigenvalue weighted by Crippen LogP contribution is -1.92. The van der Waals surface area contributed by atoms with Crippen molar-refractivity contribution in [3.05, 3.63) is 53.1 Å². The van der Waals surface area contributed by atoms with Crippen molar-refractivity contribution in [3.63, 3.8) is 0 Å². The van der Waals surface area contributed by atoms with Gasteiger partial charge in [-0.15, -0.1) is 0 Å². The van der Waals surface area contributed by atoms with Crippen molar-refractivity contribution < 1.29 is 0 Å². The van der Waals surface area contributed by atoms with Crippen LogP contribution in [-0.2, 0) is 0 Å². The molecular weight excluding hydrogens is 204 g/mol. The summed E-state index contributed by atoms with van der Waals surface area (Å²) in [5, 5.41) is 0. The molecule has 1 aromatic rings. The molecule has 0 unspecified atom stereocenters. The summed E-state index contributed by atoms with van der Waals surface area (Å²) >= 11 is 0. The Morgan fingerprint density at radius 2 is 1.53 bits per heavy atom. The van der Waals surface area contributed by atoms with E-state index in [-0.39, 0.29) is 0 Å². The summed E-state index contributed by atoms with van der Waals surface area (Å²) in [5.41, 5.74) is 6.34. The molecular formula is C17H20. The van der Waals surface area contributed by atoms with Gasteiger partial charge in [0, 0.05) is 0 Å². The summed E-state index contributed by atoms with van der Waals surface area (Å²) in [4.78, 5) is 0. The Morgan fingerprint density at radius 3 is 2.35 bits per heavy atom. The van der Waals surface area contributed by atoms with Gasteiger partial charge in [-0.1, -0.05) is 54.8 Å². The zero-order valence-corrected chi connectivity index (χ0v) is 10.4. The Labute approximate surface area is 104 Å². The van der Waals surface area contributed by atoms with E-state index in [9.17, 15) is 0 Å². The summed E-state index contributed by atoms with van der Waals surface area (Å²) in [5.74, 6) is 0. The van der Waals surface area contributed by atoms with Crippen LogP contribution in [0.3, 0.4) is 0 Å². The van der Waals surface area contributed by atoms with Crippen molar-refractivity contribution >= 4 is 5.57 Å². The molecule has 0 fully saturated rings. The Morgan fingerprint density at radius 1 is 0.765 bits per heavy atom. The summed E-state index contributed by atoms with van der Waals surface area (Å²) in [6, 6.07) is 10.9. The van der Waals surface area contributed by atoms with Crippen LogP contribution >= 0.6 is 0 Å². The van der Waals surface area contributed by atoms with Crippen LogP contribution in [-0.4, -0.2) is 0 Å².